The van der Waals surface area contributed by atoms with Gasteiger partial charge in [-0.2, -0.15) is 5.10 Å². The molecule has 0 aliphatic rings. The van der Waals surface area contributed by atoms with Crippen LogP contribution in [0.1, 0.15) is 10.4 Å². The molecule has 3 N–H and O–H groups in total. The third-order valence-electron chi connectivity index (χ3n) is 3.74. The number of amides is 1. The molecule has 3 rings (SSSR count). The Morgan fingerprint density at radius 1 is 1.44 bits per heavy atom. The number of nitrogens with zero attached hydrogens (tertiary/aromatic N) is 5. The van der Waals surface area contributed by atoms with Gasteiger partial charge in [-0.3, -0.25) is 4.79 Å². The number of hydrogen-bond donors (Lipinski definition) is 2. The SMILES string of the molecule is C[Si](C)(C)CCOCn1nc(-c2nnn[nH]2)c2c(C(N)=O)[c]ccc21. The van der Waals surface area contributed by atoms with Crippen molar-refractivity contribution in [3.63, 3.8) is 0 Å². The number of ether oxygens (including phenoxy) is 1. The minimum absolute atomic E-state index is 0.247. The highest BCUT2D eigenvalue weighted by molar-refractivity contribution is 6.76. The number of aromatic nitrogens is 6. The maximum Gasteiger partial charge on any atom is 0.250 e. The Kier molecular flexibility index (Phi) is 4.64. The van der Waals surface area contributed by atoms with Gasteiger partial charge in [0, 0.05) is 20.1 Å². The Balaban J connectivity index is 1.97. The van der Waals surface area contributed by atoms with Crippen LogP contribution in [0.2, 0.25) is 25.7 Å². The first-order valence-corrected chi connectivity index (χ1v) is 11.6. The number of carbonyl (C=O) groups excluding carboxylic acids is 1. The monoisotopic (exact) mass is 358 g/mol. The van der Waals surface area contributed by atoms with Crippen molar-refractivity contribution in [3.8, 4) is 11.5 Å². The normalized spacial score (nSPS) is 12.0. The lowest BCUT2D eigenvalue weighted by Gasteiger charge is -2.15. The highest BCUT2D eigenvalue weighted by Crippen LogP contribution is 2.28. The first-order chi connectivity index (χ1) is 11.9. The van der Waals surface area contributed by atoms with Crippen LogP contribution in [0, 0.1) is 6.07 Å². The molecule has 1 amide bonds. The molecule has 0 fully saturated rings. The number of fused-ring (bicyclic) bond motifs is 1. The zero-order valence-corrected chi connectivity index (χ0v) is 15.4. The fourth-order valence-corrected chi connectivity index (χ4v) is 3.17. The topological polar surface area (TPSA) is 125 Å². The van der Waals surface area contributed by atoms with Gasteiger partial charge in [0.1, 0.15) is 12.4 Å². The third kappa shape index (κ3) is 3.74. The van der Waals surface area contributed by atoms with Crippen LogP contribution in [-0.4, -0.2) is 51.0 Å². The molecule has 0 saturated carbocycles. The number of nitrogens with two attached hydrogens (primary N) is 1. The number of hydrogen-bond acceptors (Lipinski definition) is 6. The van der Waals surface area contributed by atoms with Gasteiger partial charge in [-0.05, 0) is 28.6 Å². The number of aromatic amines is 1. The summed E-state index contributed by atoms with van der Waals surface area (Å²) in [6, 6.07) is 7.38. The first-order valence-electron chi connectivity index (χ1n) is 7.90. The molecule has 9 nitrogen and oxygen atoms in total. The second-order valence-electron chi connectivity index (χ2n) is 6.92. The molecule has 0 aliphatic heterocycles. The van der Waals surface area contributed by atoms with E-state index in [1.807, 2.05) is 6.07 Å². The molecule has 25 heavy (non-hydrogen) atoms. The maximum absolute atomic E-state index is 11.8. The second-order valence-corrected chi connectivity index (χ2v) is 12.5. The molecule has 1 radical (unpaired) electrons. The average Bonchev–Trinajstić information content (AvgIpc) is 3.18. The molecule has 1 aromatic carbocycles. The Hall–Kier alpha value is -2.59. The third-order valence-corrected chi connectivity index (χ3v) is 5.44. The summed E-state index contributed by atoms with van der Waals surface area (Å²) in [5.41, 5.74) is 6.89. The molecule has 0 atom stereocenters. The lowest BCUT2D eigenvalue weighted by atomic mass is 10.1. The van der Waals surface area contributed by atoms with Crippen LogP contribution in [-0.2, 0) is 11.5 Å². The van der Waals surface area contributed by atoms with Crippen molar-refractivity contribution in [3.05, 3.63) is 23.8 Å². The van der Waals surface area contributed by atoms with E-state index in [1.54, 1.807) is 10.7 Å². The summed E-state index contributed by atoms with van der Waals surface area (Å²) in [7, 11) is -1.16. The van der Waals surface area contributed by atoms with Crippen molar-refractivity contribution in [1.29, 1.82) is 0 Å². The van der Waals surface area contributed by atoms with E-state index >= 15 is 0 Å². The molecule has 0 unspecified atom stereocenters. The van der Waals surface area contributed by atoms with Gasteiger partial charge in [-0.15, -0.1) is 5.10 Å². The Morgan fingerprint density at radius 2 is 2.24 bits per heavy atom. The van der Waals surface area contributed by atoms with E-state index in [1.165, 1.54) is 0 Å². The van der Waals surface area contributed by atoms with E-state index in [4.69, 9.17) is 10.5 Å². The summed E-state index contributed by atoms with van der Waals surface area (Å²) in [5, 5.41) is 18.8. The van der Waals surface area contributed by atoms with E-state index in [0.29, 0.717) is 29.0 Å². The molecular formula is C15H20N7O2Si. The Labute approximate surface area is 145 Å². The Bertz CT molecular complexity index is 883. The smallest absolute Gasteiger partial charge is 0.250 e. The van der Waals surface area contributed by atoms with Gasteiger partial charge in [0.15, 0.2) is 0 Å². The van der Waals surface area contributed by atoms with Crippen LogP contribution in [0.3, 0.4) is 0 Å². The number of primary amides is 1. The van der Waals surface area contributed by atoms with Crippen LogP contribution in [0.4, 0.5) is 0 Å². The lowest BCUT2D eigenvalue weighted by Crippen LogP contribution is -2.22. The Morgan fingerprint density at radius 3 is 2.88 bits per heavy atom. The van der Waals surface area contributed by atoms with Gasteiger partial charge >= 0.3 is 0 Å². The molecule has 0 spiro atoms. The van der Waals surface area contributed by atoms with Gasteiger partial charge in [-0.1, -0.05) is 25.7 Å². The van der Waals surface area contributed by atoms with Crippen LogP contribution in [0.5, 0.6) is 0 Å². The predicted octanol–water partition coefficient (Wildman–Crippen LogP) is 1.43. The van der Waals surface area contributed by atoms with E-state index in [0.717, 1.165) is 6.04 Å². The van der Waals surface area contributed by atoms with E-state index in [2.05, 4.69) is 51.4 Å². The molecule has 10 heteroatoms. The summed E-state index contributed by atoms with van der Waals surface area (Å²) >= 11 is 0. The van der Waals surface area contributed by atoms with Crippen molar-refractivity contribution in [2.24, 2.45) is 5.73 Å². The van der Waals surface area contributed by atoms with Crippen molar-refractivity contribution in [2.45, 2.75) is 32.4 Å². The quantitative estimate of drug-likeness (QED) is 0.486. The standard InChI is InChI=1S/C15H20N7O2Si/c1-25(2,3)8-7-24-9-22-11-6-4-5-10(14(16)23)12(11)13(19-22)15-17-20-21-18-15/h4,6H,7-9H2,1-3H3,(H2,16,23)(H,17,18,20,21). The number of H-pyrrole nitrogens is 1. The summed E-state index contributed by atoms with van der Waals surface area (Å²) in [6.45, 7) is 7.82. The van der Waals surface area contributed by atoms with Crippen molar-refractivity contribution in [2.75, 3.05) is 6.61 Å². The van der Waals surface area contributed by atoms with Crippen LogP contribution >= 0.6 is 0 Å². The van der Waals surface area contributed by atoms with Gasteiger partial charge in [0.2, 0.25) is 11.7 Å². The van der Waals surface area contributed by atoms with Gasteiger partial charge in [0.25, 0.3) is 0 Å². The summed E-state index contributed by atoms with van der Waals surface area (Å²) in [5.74, 6) is -0.230. The zero-order valence-electron chi connectivity index (χ0n) is 14.4. The van der Waals surface area contributed by atoms with E-state index in [9.17, 15) is 4.79 Å². The molecule has 0 bridgehead atoms. The van der Waals surface area contributed by atoms with Gasteiger partial charge < -0.3 is 10.5 Å². The number of benzene rings is 1. The van der Waals surface area contributed by atoms with Gasteiger partial charge in [0.05, 0.1) is 11.1 Å². The maximum atomic E-state index is 11.8. The fraction of sp³-hybridized carbons (Fsp3) is 0.400. The van der Waals surface area contributed by atoms with Crippen LogP contribution in [0.25, 0.3) is 22.4 Å². The molecular weight excluding hydrogens is 338 g/mol. The molecule has 2 heterocycles. The predicted molar refractivity (Wildman–Crippen MR) is 94.4 cm³/mol. The number of carbonyl (C=O) groups is 1. The molecule has 131 valence electrons. The van der Waals surface area contributed by atoms with Crippen LogP contribution < -0.4 is 5.73 Å². The van der Waals surface area contributed by atoms with Crippen molar-refractivity contribution in [1.82, 2.24) is 30.4 Å². The summed E-state index contributed by atoms with van der Waals surface area (Å²) in [4.78, 5) is 11.8. The summed E-state index contributed by atoms with van der Waals surface area (Å²) < 4.78 is 7.46. The first kappa shape index (κ1) is 17.2. The summed E-state index contributed by atoms with van der Waals surface area (Å²) in [6.07, 6.45) is 0. The molecule has 0 saturated heterocycles. The van der Waals surface area contributed by atoms with E-state index in [-0.39, 0.29) is 12.3 Å². The fourth-order valence-electron chi connectivity index (χ4n) is 2.41. The van der Waals surface area contributed by atoms with Gasteiger partial charge in [-0.25, -0.2) is 9.78 Å². The lowest BCUT2D eigenvalue weighted by molar-refractivity contribution is 0.0818. The molecule has 0 aliphatic carbocycles. The number of nitrogens with one attached hydrogen (secondary N) is 1. The minimum atomic E-state index is -1.16. The van der Waals surface area contributed by atoms with Crippen molar-refractivity contribution >= 4 is 24.9 Å². The largest absolute Gasteiger partial charge is 0.366 e. The number of tetrazole rings is 1. The number of rotatable bonds is 7. The molecule has 3 aromatic rings. The average molecular weight is 358 g/mol. The second kappa shape index (κ2) is 6.73. The van der Waals surface area contributed by atoms with Crippen molar-refractivity contribution < 1.29 is 9.53 Å². The highest BCUT2D eigenvalue weighted by atomic mass is 28.3. The molecule has 2 aromatic heterocycles. The zero-order chi connectivity index (χ0) is 18.0. The highest BCUT2D eigenvalue weighted by Gasteiger charge is 2.21. The van der Waals surface area contributed by atoms with E-state index < -0.39 is 14.0 Å². The van der Waals surface area contributed by atoms with Crippen LogP contribution in [0.15, 0.2) is 12.1 Å². The minimum Gasteiger partial charge on any atom is -0.366 e.